The van der Waals surface area contributed by atoms with Crippen LogP contribution in [0.3, 0.4) is 0 Å². The van der Waals surface area contributed by atoms with Gasteiger partial charge < -0.3 is 4.74 Å². The monoisotopic (exact) mass is 129 g/mol. The fourth-order valence-electron chi connectivity index (χ4n) is 0.390. The summed E-state index contributed by atoms with van der Waals surface area (Å²) in [5, 5.41) is 7.25. The van der Waals surface area contributed by atoms with Crippen molar-refractivity contribution in [3.63, 3.8) is 0 Å². The normalized spacial score (nSPS) is 10.4. The van der Waals surface area contributed by atoms with Crippen molar-refractivity contribution >= 4 is 5.90 Å². The molecule has 0 aromatic rings. The maximum absolute atomic E-state index is 7.25. The third-order valence-corrected chi connectivity index (χ3v) is 0.887. The topological polar surface area (TPSA) is 33.1 Å². The highest BCUT2D eigenvalue weighted by Gasteiger charge is 2.04. The van der Waals surface area contributed by atoms with Crippen LogP contribution in [0.15, 0.2) is 0 Å². The van der Waals surface area contributed by atoms with Gasteiger partial charge >= 0.3 is 0 Å². The highest BCUT2D eigenvalue weighted by Crippen LogP contribution is 1.99. The molecule has 54 valence electrons. The van der Waals surface area contributed by atoms with E-state index in [0.29, 0.717) is 5.90 Å². The van der Waals surface area contributed by atoms with Gasteiger partial charge in [-0.05, 0) is 13.8 Å². The summed E-state index contributed by atoms with van der Waals surface area (Å²) in [5.74, 6) is 0.595. The molecule has 0 aliphatic rings. The Morgan fingerprint density at radius 1 is 1.22 bits per heavy atom. The van der Waals surface area contributed by atoms with Gasteiger partial charge in [0.05, 0.1) is 6.10 Å². The number of hydrogen-bond donors (Lipinski definition) is 1. The number of ether oxygens (including phenoxy) is 1. The smallest absolute Gasteiger partial charge is 0.183 e. The number of rotatable bonds is 2. The number of nitrogens with one attached hydrogen (secondary N) is 1. The Bertz CT molecular complexity index is 97.1. The predicted molar refractivity (Wildman–Crippen MR) is 38.8 cm³/mol. The average Bonchev–Trinajstić information content (AvgIpc) is 1.63. The Kier molecular flexibility index (Phi) is 3.28. The molecule has 2 heteroatoms. The summed E-state index contributed by atoms with van der Waals surface area (Å²) in [4.78, 5) is 0. The Balaban J connectivity index is 3.51. The van der Waals surface area contributed by atoms with Gasteiger partial charge in [-0.1, -0.05) is 13.8 Å². The van der Waals surface area contributed by atoms with Crippen LogP contribution >= 0.6 is 0 Å². The molecule has 1 N–H and O–H groups in total. The summed E-state index contributed by atoms with van der Waals surface area (Å²) in [5.41, 5.74) is 0. The molecule has 0 aromatic carbocycles. The molecule has 0 saturated carbocycles. The molecular formula is C7H15NO. The van der Waals surface area contributed by atoms with E-state index in [1.165, 1.54) is 0 Å². The summed E-state index contributed by atoms with van der Waals surface area (Å²) in [6.07, 6.45) is 0.139. The molecule has 0 aromatic heterocycles. The molecule has 0 amide bonds. The summed E-state index contributed by atoms with van der Waals surface area (Å²) in [7, 11) is 0. The van der Waals surface area contributed by atoms with Gasteiger partial charge in [0.1, 0.15) is 0 Å². The lowest BCUT2D eigenvalue weighted by Gasteiger charge is -2.12. The van der Waals surface area contributed by atoms with Crippen LogP contribution in [0.2, 0.25) is 0 Å². The first-order valence-electron chi connectivity index (χ1n) is 3.29. The van der Waals surface area contributed by atoms with Gasteiger partial charge in [0.2, 0.25) is 0 Å². The minimum atomic E-state index is 0.139. The second kappa shape index (κ2) is 3.49. The van der Waals surface area contributed by atoms with Crippen LogP contribution < -0.4 is 0 Å². The molecule has 0 rings (SSSR count). The van der Waals surface area contributed by atoms with Crippen LogP contribution in [-0.4, -0.2) is 12.0 Å². The van der Waals surface area contributed by atoms with Crippen molar-refractivity contribution in [1.29, 1.82) is 5.41 Å². The lowest BCUT2D eigenvalue weighted by Crippen LogP contribution is -2.15. The molecule has 0 radical (unpaired) electrons. The zero-order valence-electron chi connectivity index (χ0n) is 6.56. The van der Waals surface area contributed by atoms with E-state index >= 15 is 0 Å². The Labute approximate surface area is 56.7 Å². The van der Waals surface area contributed by atoms with Gasteiger partial charge in [-0.15, -0.1) is 0 Å². The highest BCUT2D eigenvalue weighted by molar-refractivity contribution is 5.74. The summed E-state index contributed by atoms with van der Waals surface area (Å²) in [6, 6.07) is 0. The Morgan fingerprint density at radius 3 is 1.78 bits per heavy atom. The van der Waals surface area contributed by atoms with E-state index in [2.05, 4.69) is 0 Å². The first-order valence-corrected chi connectivity index (χ1v) is 3.29. The molecule has 0 heterocycles. The van der Waals surface area contributed by atoms with E-state index in [9.17, 15) is 0 Å². The second-order valence-corrected chi connectivity index (χ2v) is 2.69. The van der Waals surface area contributed by atoms with E-state index in [1.807, 2.05) is 27.7 Å². The van der Waals surface area contributed by atoms with E-state index in [-0.39, 0.29) is 12.0 Å². The molecule has 0 saturated heterocycles. The Hall–Kier alpha value is -0.530. The standard InChI is InChI=1S/C7H15NO/c1-5(2)7(8)9-6(3)4/h5-6,8H,1-4H3. The summed E-state index contributed by atoms with van der Waals surface area (Å²) < 4.78 is 5.09. The van der Waals surface area contributed by atoms with Crippen LogP contribution in [0.25, 0.3) is 0 Å². The van der Waals surface area contributed by atoms with Gasteiger partial charge in [-0.2, -0.15) is 0 Å². The van der Waals surface area contributed by atoms with Crippen LogP contribution in [0, 0.1) is 11.3 Å². The lowest BCUT2D eigenvalue weighted by molar-refractivity contribution is 0.211. The summed E-state index contributed by atoms with van der Waals surface area (Å²) in [6.45, 7) is 7.75. The first-order chi connectivity index (χ1) is 4.04. The van der Waals surface area contributed by atoms with Crippen molar-refractivity contribution in [2.75, 3.05) is 0 Å². The van der Waals surface area contributed by atoms with E-state index in [4.69, 9.17) is 10.1 Å². The lowest BCUT2D eigenvalue weighted by atomic mass is 10.2. The SMILES string of the molecule is CC(C)OC(=N)C(C)C. The van der Waals surface area contributed by atoms with E-state index in [0.717, 1.165) is 0 Å². The van der Waals surface area contributed by atoms with E-state index < -0.39 is 0 Å². The quantitative estimate of drug-likeness (QED) is 0.449. The third kappa shape index (κ3) is 4.01. The zero-order chi connectivity index (χ0) is 7.44. The average molecular weight is 129 g/mol. The first kappa shape index (κ1) is 8.47. The van der Waals surface area contributed by atoms with Crippen molar-refractivity contribution in [3.8, 4) is 0 Å². The van der Waals surface area contributed by atoms with Crippen molar-refractivity contribution < 1.29 is 4.74 Å². The predicted octanol–water partition coefficient (Wildman–Crippen LogP) is 2.04. The minimum absolute atomic E-state index is 0.139. The van der Waals surface area contributed by atoms with Crippen LogP contribution in [-0.2, 0) is 4.74 Å². The molecule has 0 spiro atoms. The van der Waals surface area contributed by atoms with Gasteiger partial charge in [-0.25, -0.2) is 0 Å². The molecule has 0 unspecified atom stereocenters. The van der Waals surface area contributed by atoms with Gasteiger partial charge in [-0.3, -0.25) is 5.41 Å². The molecule has 9 heavy (non-hydrogen) atoms. The molecule has 0 aliphatic carbocycles. The van der Waals surface area contributed by atoms with Crippen LogP contribution in [0.1, 0.15) is 27.7 Å². The van der Waals surface area contributed by atoms with Crippen molar-refractivity contribution in [3.05, 3.63) is 0 Å². The molecule has 0 bridgehead atoms. The third-order valence-electron chi connectivity index (χ3n) is 0.887. The van der Waals surface area contributed by atoms with Crippen molar-refractivity contribution in [1.82, 2.24) is 0 Å². The fraction of sp³-hybridized carbons (Fsp3) is 0.857. The number of hydrogen-bond acceptors (Lipinski definition) is 2. The second-order valence-electron chi connectivity index (χ2n) is 2.69. The highest BCUT2D eigenvalue weighted by atomic mass is 16.5. The molecular weight excluding hydrogens is 114 g/mol. The van der Waals surface area contributed by atoms with Gasteiger partial charge in [0, 0.05) is 5.92 Å². The van der Waals surface area contributed by atoms with Gasteiger partial charge in [0.25, 0.3) is 0 Å². The van der Waals surface area contributed by atoms with Crippen LogP contribution in [0.4, 0.5) is 0 Å². The van der Waals surface area contributed by atoms with Crippen molar-refractivity contribution in [2.45, 2.75) is 33.8 Å². The summed E-state index contributed by atoms with van der Waals surface area (Å²) >= 11 is 0. The largest absolute Gasteiger partial charge is 0.478 e. The van der Waals surface area contributed by atoms with Crippen LogP contribution in [0.5, 0.6) is 0 Å². The van der Waals surface area contributed by atoms with E-state index in [1.54, 1.807) is 0 Å². The zero-order valence-corrected chi connectivity index (χ0v) is 6.56. The molecule has 0 aliphatic heterocycles. The minimum Gasteiger partial charge on any atom is -0.478 e. The molecule has 2 nitrogen and oxygen atoms in total. The van der Waals surface area contributed by atoms with Gasteiger partial charge in [0.15, 0.2) is 5.90 Å². The maximum atomic E-state index is 7.25. The molecule has 0 fully saturated rings. The Morgan fingerprint density at radius 2 is 1.67 bits per heavy atom. The van der Waals surface area contributed by atoms with Crippen molar-refractivity contribution in [2.24, 2.45) is 5.92 Å². The maximum Gasteiger partial charge on any atom is 0.183 e. The molecule has 0 atom stereocenters. The fourth-order valence-corrected chi connectivity index (χ4v) is 0.390.